The third kappa shape index (κ3) is 2.10. The Kier molecular flexibility index (Phi) is 2.98. The van der Waals surface area contributed by atoms with Crippen LogP contribution in [-0.2, 0) is 9.59 Å². The van der Waals surface area contributed by atoms with Gasteiger partial charge in [0.2, 0.25) is 11.8 Å². The first-order valence-corrected chi connectivity index (χ1v) is 6.48. The normalized spacial score (nSPS) is 26.3. The van der Waals surface area contributed by atoms with E-state index in [4.69, 9.17) is 10.5 Å². The largest absolute Gasteiger partial charge is 0.493 e. The van der Waals surface area contributed by atoms with Gasteiger partial charge in [-0.05, 0) is 12.5 Å². The van der Waals surface area contributed by atoms with Crippen LogP contribution in [0.4, 0.5) is 0 Å². The zero-order valence-electron chi connectivity index (χ0n) is 10.5. The number of nitrogens with zero attached hydrogens (tertiary/aromatic N) is 1. The number of amides is 2. The number of hydrogen-bond donors (Lipinski definition) is 1. The number of para-hydroxylation sites is 1. The second-order valence-corrected chi connectivity index (χ2v) is 5.03. The van der Waals surface area contributed by atoms with Crippen molar-refractivity contribution in [3.63, 3.8) is 0 Å². The maximum Gasteiger partial charge on any atom is 0.246 e. The number of nitrogens with two attached hydrogens (primary N) is 1. The van der Waals surface area contributed by atoms with Crippen molar-refractivity contribution in [2.24, 2.45) is 5.73 Å². The Hall–Kier alpha value is -1.88. The van der Waals surface area contributed by atoms with E-state index in [0.717, 1.165) is 11.3 Å². The topological polar surface area (TPSA) is 72.6 Å². The lowest BCUT2D eigenvalue weighted by molar-refractivity contribution is -0.149. The molecule has 100 valence electrons. The lowest BCUT2D eigenvalue weighted by atomic mass is 9.98. The summed E-state index contributed by atoms with van der Waals surface area (Å²) in [6, 6.07) is 7.18. The minimum Gasteiger partial charge on any atom is -0.493 e. The lowest BCUT2D eigenvalue weighted by Crippen LogP contribution is -2.52. The van der Waals surface area contributed by atoms with Crippen LogP contribution in [0.25, 0.3) is 0 Å². The maximum atomic E-state index is 12.0. The van der Waals surface area contributed by atoms with Crippen LogP contribution >= 0.6 is 0 Å². The van der Waals surface area contributed by atoms with Gasteiger partial charge in [-0.2, -0.15) is 0 Å². The van der Waals surface area contributed by atoms with Gasteiger partial charge in [-0.15, -0.1) is 0 Å². The summed E-state index contributed by atoms with van der Waals surface area (Å²) in [7, 11) is 0. The van der Waals surface area contributed by atoms with Crippen molar-refractivity contribution in [2.45, 2.75) is 24.8 Å². The Morgan fingerprint density at radius 2 is 2.11 bits per heavy atom. The molecule has 1 saturated heterocycles. The molecule has 0 radical (unpaired) electrons. The average molecular weight is 260 g/mol. The van der Waals surface area contributed by atoms with Gasteiger partial charge in [0.1, 0.15) is 5.75 Å². The molecule has 0 saturated carbocycles. The van der Waals surface area contributed by atoms with Gasteiger partial charge in [-0.25, -0.2) is 0 Å². The van der Waals surface area contributed by atoms with E-state index in [9.17, 15) is 9.59 Å². The van der Waals surface area contributed by atoms with Crippen LogP contribution in [0.15, 0.2) is 24.3 Å². The van der Waals surface area contributed by atoms with Crippen molar-refractivity contribution in [3.8, 4) is 5.75 Å². The minimum absolute atomic E-state index is 0.0504. The van der Waals surface area contributed by atoms with Gasteiger partial charge < -0.3 is 10.5 Å². The number of carbonyl (C=O) groups is 2. The van der Waals surface area contributed by atoms with E-state index in [-0.39, 0.29) is 17.7 Å². The van der Waals surface area contributed by atoms with E-state index in [1.54, 1.807) is 0 Å². The fraction of sp³-hybridized carbons (Fsp3) is 0.429. The quantitative estimate of drug-likeness (QED) is 0.792. The number of benzene rings is 1. The highest BCUT2D eigenvalue weighted by molar-refractivity contribution is 6.00. The number of ether oxygens (including phenoxy) is 1. The smallest absolute Gasteiger partial charge is 0.246 e. The van der Waals surface area contributed by atoms with E-state index in [1.807, 2.05) is 24.3 Å². The maximum absolute atomic E-state index is 12.0. The van der Waals surface area contributed by atoms with Crippen LogP contribution in [0.2, 0.25) is 0 Å². The third-order valence-corrected chi connectivity index (χ3v) is 3.76. The first-order chi connectivity index (χ1) is 9.16. The van der Waals surface area contributed by atoms with Crippen LogP contribution in [0.3, 0.4) is 0 Å². The molecule has 2 aliphatic rings. The Balaban J connectivity index is 1.79. The Morgan fingerprint density at radius 3 is 2.95 bits per heavy atom. The van der Waals surface area contributed by atoms with Crippen molar-refractivity contribution in [1.29, 1.82) is 0 Å². The SMILES string of the molecule is NC1CCC(=O)N(CC2COc3ccccc32)C1=O. The molecule has 2 aliphatic heterocycles. The number of likely N-dealkylation sites (tertiary alicyclic amines) is 1. The van der Waals surface area contributed by atoms with Crippen molar-refractivity contribution < 1.29 is 14.3 Å². The van der Waals surface area contributed by atoms with Gasteiger partial charge in [0.15, 0.2) is 0 Å². The van der Waals surface area contributed by atoms with Crippen molar-refractivity contribution in [2.75, 3.05) is 13.2 Å². The highest BCUT2D eigenvalue weighted by Crippen LogP contribution is 2.34. The first kappa shape index (κ1) is 12.2. The fourth-order valence-corrected chi connectivity index (χ4v) is 2.65. The molecule has 2 heterocycles. The van der Waals surface area contributed by atoms with Crippen molar-refractivity contribution >= 4 is 11.8 Å². The molecular formula is C14H16N2O3. The molecule has 1 aromatic rings. The number of piperidine rings is 1. The molecule has 0 aromatic heterocycles. The summed E-state index contributed by atoms with van der Waals surface area (Å²) >= 11 is 0. The predicted molar refractivity (Wildman–Crippen MR) is 68.6 cm³/mol. The average Bonchev–Trinajstić information content (AvgIpc) is 2.83. The number of imide groups is 1. The first-order valence-electron chi connectivity index (χ1n) is 6.48. The number of rotatable bonds is 2. The molecule has 5 nitrogen and oxygen atoms in total. The van der Waals surface area contributed by atoms with E-state index in [0.29, 0.717) is 26.0 Å². The third-order valence-electron chi connectivity index (χ3n) is 3.76. The van der Waals surface area contributed by atoms with Gasteiger partial charge in [0.05, 0.1) is 12.6 Å². The summed E-state index contributed by atoms with van der Waals surface area (Å²) in [6.45, 7) is 0.869. The Morgan fingerprint density at radius 1 is 1.32 bits per heavy atom. The summed E-state index contributed by atoms with van der Waals surface area (Å²) in [5.74, 6) is 0.500. The molecule has 2 atom stereocenters. The zero-order valence-corrected chi connectivity index (χ0v) is 10.5. The Labute approximate surface area is 111 Å². The second-order valence-electron chi connectivity index (χ2n) is 5.03. The molecule has 3 rings (SSSR count). The number of hydrogen-bond acceptors (Lipinski definition) is 4. The summed E-state index contributed by atoms with van der Waals surface area (Å²) in [5, 5.41) is 0. The van der Waals surface area contributed by atoms with Gasteiger partial charge in [0.25, 0.3) is 0 Å². The summed E-state index contributed by atoms with van der Waals surface area (Å²) in [6.07, 6.45) is 0.800. The van der Waals surface area contributed by atoms with Crippen molar-refractivity contribution in [1.82, 2.24) is 4.90 Å². The molecule has 19 heavy (non-hydrogen) atoms. The van der Waals surface area contributed by atoms with Crippen LogP contribution < -0.4 is 10.5 Å². The fourth-order valence-electron chi connectivity index (χ4n) is 2.65. The standard InChI is InChI=1S/C14H16N2O3/c15-11-5-6-13(17)16(14(11)18)7-9-8-19-12-4-2-1-3-10(9)12/h1-4,9,11H,5-8,15H2. The highest BCUT2D eigenvalue weighted by Gasteiger charge is 2.35. The molecule has 0 bridgehead atoms. The number of fused-ring (bicyclic) bond motifs is 1. The number of carbonyl (C=O) groups excluding carboxylic acids is 2. The van der Waals surface area contributed by atoms with Gasteiger partial charge >= 0.3 is 0 Å². The zero-order chi connectivity index (χ0) is 13.4. The lowest BCUT2D eigenvalue weighted by Gasteiger charge is -2.30. The molecule has 1 aromatic carbocycles. The van der Waals surface area contributed by atoms with E-state index in [1.165, 1.54) is 4.90 Å². The van der Waals surface area contributed by atoms with Crippen LogP contribution in [-0.4, -0.2) is 35.9 Å². The molecule has 1 fully saturated rings. The molecule has 2 amide bonds. The van der Waals surface area contributed by atoms with E-state index >= 15 is 0 Å². The summed E-state index contributed by atoms with van der Waals surface area (Å²) < 4.78 is 5.57. The van der Waals surface area contributed by atoms with Gasteiger partial charge in [-0.1, -0.05) is 18.2 Å². The molecular weight excluding hydrogens is 244 g/mol. The van der Waals surface area contributed by atoms with Gasteiger partial charge in [0, 0.05) is 24.4 Å². The summed E-state index contributed by atoms with van der Waals surface area (Å²) in [5.41, 5.74) is 6.78. The van der Waals surface area contributed by atoms with Crippen LogP contribution in [0.1, 0.15) is 24.3 Å². The van der Waals surface area contributed by atoms with E-state index in [2.05, 4.69) is 0 Å². The molecule has 2 N–H and O–H groups in total. The van der Waals surface area contributed by atoms with Crippen molar-refractivity contribution in [3.05, 3.63) is 29.8 Å². The monoisotopic (exact) mass is 260 g/mol. The second kappa shape index (κ2) is 4.66. The van der Waals surface area contributed by atoms with Crippen LogP contribution in [0.5, 0.6) is 5.75 Å². The minimum atomic E-state index is -0.546. The predicted octanol–water partition coefficient (Wildman–Crippen LogP) is 0.639. The highest BCUT2D eigenvalue weighted by atomic mass is 16.5. The summed E-state index contributed by atoms with van der Waals surface area (Å²) in [4.78, 5) is 25.1. The molecule has 0 aliphatic carbocycles. The molecule has 2 unspecified atom stereocenters. The van der Waals surface area contributed by atoms with Crippen LogP contribution in [0, 0.1) is 0 Å². The molecule has 5 heteroatoms. The Bertz CT molecular complexity index is 529. The van der Waals surface area contributed by atoms with E-state index < -0.39 is 6.04 Å². The molecule has 0 spiro atoms. The van der Waals surface area contributed by atoms with Gasteiger partial charge in [-0.3, -0.25) is 14.5 Å².